The summed E-state index contributed by atoms with van der Waals surface area (Å²) in [5, 5.41) is 13.5. The monoisotopic (exact) mass is 340 g/mol. The van der Waals surface area contributed by atoms with Gasteiger partial charge in [0.15, 0.2) is 0 Å². The summed E-state index contributed by atoms with van der Waals surface area (Å²) in [5.41, 5.74) is 3.37. The van der Waals surface area contributed by atoms with Gasteiger partial charge in [-0.25, -0.2) is 4.68 Å². The van der Waals surface area contributed by atoms with E-state index in [0.29, 0.717) is 6.54 Å². The topological polar surface area (TPSA) is 76.8 Å². The van der Waals surface area contributed by atoms with Crippen LogP contribution in [0.4, 0.5) is 5.13 Å². The number of hydrogen-bond donors (Lipinski definition) is 0. The van der Waals surface area contributed by atoms with Gasteiger partial charge in [0.2, 0.25) is 5.13 Å². The minimum absolute atomic E-state index is 0.0862. The number of pyridine rings is 1. The molecule has 0 saturated carbocycles. The van der Waals surface area contributed by atoms with Crippen LogP contribution in [0.3, 0.4) is 0 Å². The Morgan fingerprint density at radius 1 is 1.21 bits per heavy atom. The van der Waals surface area contributed by atoms with E-state index in [1.54, 1.807) is 34.7 Å². The van der Waals surface area contributed by atoms with Crippen LogP contribution in [-0.4, -0.2) is 37.5 Å². The quantitative estimate of drug-likeness (QED) is 0.721. The summed E-state index contributed by atoms with van der Waals surface area (Å²) in [4.78, 5) is 18.5. The Hall–Kier alpha value is -2.61. The highest BCUT2D eigenvalue weighted by atomic mass is 32.1. The van der Waals surface area contributed by atoms with Crippen molar-refractivity contribution in [3.63, 3.8) is 0 Å². The van der Waals surface area contributed by atoms with Gasteiger partial charge in [0, 0.05) is 30.6 Å². The maximum absolute atomic E-state index is 12.2. The molecule has 1 saturated heterocycles. The van der Waals surface area contributed by atoms with Gasteiger partial charge in [0.25, 0.3) is 5.56 Å². The summed E-state index contributed by atoms with van der Waals surface area (Å²) in [6.45, 7) is 1.50. The first-order chi connectivity index (χ1) is 11.8. The van der Waals surface area contributed by atoms with Crippen LogP contribution in [0.5, 0.6) is 0 Å². The fourth-order valence-electron chi connectivity index (χ4n) is 3.03. The summed E-state index contributed by atoms with van der Waals surface area (Å²) in [5.74, 6) is 0. The maximum Gasteiger partial charge on any atom is 0.266 e. The van der Waals surface area contributed by atoms with Crippen molar-refractivity contribution in [3.05, 3.63) is 52.5 Å². The van der Waals surface area contributed by atoms with Crippen molar-refractivity contribution < 1.29 is 0 Å². The molecule has 1 atom stereocenters. The van der Waals surface area contributed by atoms with Crippen molar-refractivity contribution in [1.29, 1.82) is 0 Å². The van der Waals surface area contributed by atoms with Gasteiger partial charge < -0.3 is 4.90 Å². The number of anilines is 1. The molecule has 1 aliphatic rings. The van der Waals surface area contributed by atoms with Crippen molar-refractivity contribution in [2.24, 2.45) is 0 Å². The molecule has 122 valence electrons. The van der Waals surface area contributed by atoms with Crippen LogP contribution < -0.4 is 10.5 Å². The summed E-state index contributed by atoms with van der Waals surface area (Å²) in [6.07, 6.45) is 5.55. The standard InChI is InChI=1S/C16H16N6OS/c23-15-4-3-14(12-5-7-17-8-6-12)20-22(15)10-13-2-1-9-21(13)16-19-18-11-24-16/h3-8,11,13H,1-2,9-10H2. The predicted octanol–water partition coefficient (Wildman–Crippen LogP) is 1.83. The molecular weight excluding hydrogens is 324 g/mol. The number of rotatable bonds is 4. The van der Waals surface area contributed by atoms with Crippen LogP contribution in [0.1, 0.15) is 12.8 Å². The van der Waals surface area contributed by atoms with E-state index >= 15 is 0 Å². The summed E-state index contributed by atoms with van der Waals surface area (Å²) >= 11 is 1.53. The fraction of sp³-hybridized carbons (Fsp3) is 0.312. The third-order valence-electron chi connectivity index (χ3n) is 4.20. The lowest BCUT2D eigenvalue weighted by Crippen LogP contribution is -2.37. The Balaban J connectivity index is 1.61. The highest BCUT2D eigenvalue weighted by molar-refractivity contribution is 7.13. The first-order valence-corrected chi connectivity index (χ1v) is 8.70. The summed E-state index contributed by atoms with van der Waals surface area (Å²) < 4.78 is 1.56. The van der Waals surface area contributed by atoms with Gasteiger partial charge in [-0.1, -0.05) is 11.3 Å². The molecule has 0 bridgehead atoms. The van der Waals surface area contributed by atoms with E-state index in [2.05, 4.69) is 25.2 Å². The molecule has 3 aromatic heterocycles. The molecule has 0 N–H and O–H groups in total. The largest absolute Gasteiger partial charge is 0.342 e. The van der Waals surface area contributed by atoms with E-state index in [4.69, 9.17) is 0 Å². The van der Waals surface area contributed by atoms with Crippen LogP contribution in [0, 0.1) is 0 Å². The van der Waals surface area contributed by atoms with E-state index in [0.717, 1.165) is 35.8 Å². The minimum atomic E-state index is -0.0862. The van der Waals surface area contributed by atoms with Crippen LogP contribution in [0.2, 0.25) is 0 Å². The van der Waals surface area contributed by atoms with Crippen molar-refractivity contribution in [2.75, 3.05) is 11.4 Å². The number of nitrogens with zero attached hydrogens (tertiary/aromatic N) is 6. The molecule has 0 spiro atoms. The van der Waals surface area contributed by atoms with Gasteiger partial charge in [0.1, 0.15) is 5.51 Å². The second-order valence-electron chi connectivity index (χ2n) is 5.69. The molecule has 0 aromatic carbocycles. The van der Waals surface area contributed by atoms with E-state index in [-0.39, 0.29) is 11.6 Å². The second-order valence-corrected chi connectivity index (χ2v) is 6.50. The molecule has 7 nitrogen and oxygen atoms in total. The van der Waals surface area contributed by atoms with E-state index in [1.165, 1.54) is 11.3 Å². The third kappa shape index (κ3) is 2.92. The molecule has 0 radical (unpaired) electrons. The summed E-state index contributed by atoms with van der Waals surface area (Å²) in [6, 6.07) is 7.33. The highest BCUT2D eigenvalue weighted by Gasteiger charge is 2.27. The Morgan fingerprint density at radius 3 is 2.88 bits per heavy atom. The average Bonchev–Trinajstić information content (AvgIpc) is 3.29. The molecule has 4 rings (SSSR count). The van der Waals surface area contributed by atoms with Crippen LogP contribution >= 0.6 is 11.3 Å². The normalized spacial score (nSPS) is 17.3. The molecule has 0 amide bonds. The van der Waals surface area contributed by atoms with E-state index in [9.17, 15) is 4.79 Å². The van der Waals surface area contributed by atoms with Crippen molar-refractivity contribution in [1.82, 2.24) is 25.0 Å². The lowest BCUT2D eigenvalue weighted by molar-refractivity contribution is 0.489. The highest BCUT2D eigenvalue weighted by Crippen LogP contribution is 2.27. The Labute approximate surface area is 142 Å². The lowest BCUT2D eigenvalue weighted by Gasteiger charge is -2.23. The molecule has 3 aromatic rings. The molecular formula is C16H16N6OS. The number of hydrogen-bond acceptors (Lipinski definition) is 7. The third-order valence-corrected chi connectivity index (χ3v) is 4.92. The van der Waals surface area contributed by atoms with Gasteiger partial charge in [-0.15, -0.1) is 10.2 Å². The maximum atomic E-state index is 12.2. The molecule has 1 unspecified atom stereocenters. The predicted molar refractivity (Wildman–Crippen MR) is 92.0 cm³/mol. The minimum Gasteiger partial charge on any atom is -0.342 e. The van der Waals surface area contributed by atoms with Gasteiger partial charge >= 0.3 is 0 Å². The summed E-state index contributed by atoms with van der Waals surface area (Å²) in [7, 11) is 0. The molecule has 4 heterocycles. The Morgan fingerprint density at radius 2 is 2.08 bits per heavy atom. The van der Waals surface area contributed by atoms with Gasteiger partial charge in [-0.3, -0.25) is 9.78 Å². The van der Waals surface area contributed by atoms with E-state index < -0.39 is 0 Å². The second kappa shape index (κ2) is 6.48. The molecule has 8 heteroatoms. The molecule has 1 fully saturated rings. The zero-order valence-corrected chi connectivity index (χ0v) is 13.8. The zero-order chi connectivity index (χ0) is 16.4. The lowest BCUT2D eigenvalue weighted by atomic mass is 10.2. The smallest absolute Gasteiger partial charge is 0.266 e. The Bertz CT molecular complexity index is 864. The fourth-order valence-corrected chi connectivity index (χ4v) is 3.68. The molecule has 24 heavy (non-hydrogen) atoms. The first-order valence-electron chi connectivity index (χ1n) is 7.82. The SMILES string of the molecule is O=c1ccc(-c2ccncc2)nn1CC1CCCN1c1nncs1. The van der Waals surface area contributed by atoms with Crippen molar-refractivity contribution in [2.45, 2.75) is 25.4 Å². The van der Waals surface area contributed by atoms with Crippen LogP contribution in [0.25, 0.3) is 11.3 Å². The van der Waals surface area contributed by atoms with Crippen molar-refractivity contribution >= 4 is 16.5 Å². The molecule has 0 aliphatic carbocycles. The Kier molecular flexibility index (Phi) is 4.04. The zero-order valence-electron chi connectivity index (χ0n) is 12.9. The van der Waals surface area contributed by atoms with Gasteiger partial charge in [0.05, 0.1) is 18.3 Å². The van der Waals surface area contributed by atoms with E-state index in [1.807, 2.05) is 12.1 Å². The molecule has 1 aliphatic heterocycles. The van der Waals surface area contributed by atoms with Crippen molar-refractivity contribution in [3.8, 4) is 11.3 Å². The van der Waals surface area contributed by atoms with Crippen LogP contribution in [-0.2, 0) is 6.54 Å². The average molecular weight is 340 g/mol. The van der Waals surface area contributed by atoms with Crippen LogP contribution in [0.15, 0.2) is 47.0 Å². The first kappa shape index (κ1) is 14.9. The number of aromatic nitrogens is 5. The van der Waals surface area contributed by atoms with Gasteiger partial charge in [-0.05, 0) is 31.0 Å². The van der Waals surface area contributed by atoms with Gasteiger partial charge in [-0.2, -0.15) is 5.10 Å².